The fourth-order valence-corrected chi connectivity index (χ4v) is 4.78. The Morgan fingerprint density at radius 2 is 1.92 bits per heavy atom. The predicted molar refractivity (Wildman–Crippen MR) is 102 cm³/mol. The van der Waals surface area contributed by atoms with Gasteiger partial charge in [-0.25, -0.2) is 13.1 Å². The largest absolute Gasteiger partial charge is 0.336 e. The third kappa shape index (κ3) is 4.45. The molecule has 0 bridgehead atoms. The Kier molecular flexibility index (Phi) is 5.99. The molecule has 3 rings (SSSR count). The van der Waals surface area contributed by atoms with E-state index < -0.39 is 10.0 Å². The Hall–Kier alpha value is -1.44. The van der Waals surface area contributed by atoms with E-state index in [4.69, 9.17) is 0 Å². The maximum Gasteiger partial charge on any atom is 0.254 e. The van der Waals surface area contributed by atoms with Crippen molar-refractivity contribution in [1.29, 1.82) is 0 Å². The highest BCUT2D eigenvalue weighted by Crippen LogP contribution is 2.24. The zero-order valence-electron chi connectivity index (χ0n) is 15.6. The average molecular weight is 380 g/mol. The van der Waals surface area contributed by atoms with Gasteiger partial charge >= 0.3 is 0 Å². The van der Waals surface area contributed by atoms with Crippen molar-refractivity contribution in [2.24, 2.45) is 0 Å². The number of amides is 1. The minimum Gasteiger partial charge on any atom is -0.336 e. The van der Waals surface area contributed by atoms with Crippen LogP contribution < -0.4 is 10.0 Å². The Balaban J connectivity index is 1.87. The molecular formula is C19H29N3O3S. The van der Waals surface area contributed by atoms with Crippen LogP contribution in [0.15, 0.2) is 23.1 Å². The van der Waals surface area contributed by atoms with Gasteiger partial charge in [0.25, 0.3) is 5.91 Å². The molecule has 26 heavy (non-hydrogen) atoms. The lowest BCUT2D eigenvalue weighted by molar-refractivity contribution is 0.0641. The lowest BCUT2D eigenvalue weighted by Gasteiger charge is -2.35. The maximum absolute atomic E-state index is 13.3. The number of benzene rings is 1. The molecule has 1 saturated carbocycles. The fraction of sp³-hybridized carbons (Fsp3) is 0.632. The average Bonchev–Trinajstić information content (AvgIpc) is 3.43. The second kappa shape index (κ2) is 8.06. The zero-order chi connectivity index (χ0) is 18.7. The molecule has 2 aliphatic rings. The fourth-order valence-electron chi connectivity index (χ4n) is 3.45. The van der Waals surface area contributed by atoms with E-state index in [1.54, 1.807) is 18.2 Å². The first-order valence-electron chi connectivity index (χ1n) is 9.57. The van der Waals surface area contributed by atoms with E-state index in [0.717, 1.165) is 50.8 Å². The summed E-state index contributed by atoms with van der Waals surface area (Å²) >= 11 is 0. The number of aryl methyl sites for hydroxylation is 1. The third-order valence-corrected chi connectivity index (χ3v) is 6.64. The molecule has 144 valence electrons. The van der Waals surface area contributed by atoms with Crippen LogP contribution in [-0.4, -0.2) is 50.9 Å². The highest BCUT2D eigenvalue weighted by molar-refractivity contribution is 7.89. The number of sulfonamides is 1. The molecule has 1 amide bonds. The summed E-state index contributed by atoms with van der Waals surface area (Å²) in [6.45, 7) is 6.45. The van der Waals surface area contributed by atoms with E-state index in [-0.39, 0.29) is 22.9 Å². The number of carbonyl (C=O) groups excluding carboxylic acids is 1. The summed E-state index contributed by atoms with van der Waals surface area (Å²) in [6.07, 6.45) is 4.53. The second-order valence-corrected chi connectivity index (χ2v) is 9.07. The molecule has 6 nitrogen and oxygen atoms in total. The summed E-state index contributed by atoms with van der Waals surface area (Å²) in [5.74, 6) is -0.0558. The van der Waals surface area contributed by atoms with Crippen molar-refractivity contribution < 1.29 is 13.2 Å². The van der Waals surface area contributed by atoms with Crippen LogP contribution in [0.3, 0.4) is 0 Å². The van der Waals surface area contributed by atoms with Gasteiger partial charge < -0.3 is 10.2 Å². The molecule has 0 atom stereocenters. The van der Waals surface area contributed by atoms with E-state index in [9.17, 15) is 13.2 Å². The van der Waals surface area contributed by atoms with E-state index in [2.05, 4.69) is 17.0 Å². The smallest absolute Gasteiger partial charge is 0.254 e. The molecule has 7 heteroatoms. The van der Waals surface area contributed by atoms with Gasteiger partial charge in [0.15, 0.2) is 0 Å². The van der Waals surface area contributed by atoms with E-state index in [1.807, 2.05) is 11.8 Å². The monoisotopic (exact) mass is 379 g/mol. The standard InChI is InChI=1S/C19H29N3O3S/c1-3-12-22(16-8-10-20-11-9-16)19(23)18-13-17(7-4-14(18)2)26(24,25)21-15-5-6-15/h4,7,13,15-16,20-21H,3,5-6,8-12H2,1-2H3. The Labute approximate surface area is 156 Å². The molecule has 0 aromatic heterocycles. The van der Waals surface area contributed by atoms with Gasteiger partial charge in [-0.3, -0.25) is 4.79 Å². The number of nitrogens with one attached hydrogen (secondary N) is 2. The molecular weight excluding hydrogens is 350 g/mol. The summed E-state index contributed by atoms with van der Waals surface area (Å²) < 4.78 is 27.7. The molecule has 1 aromatic rings. The third-order valence-electron chi connectivity index (χ3n) is 5.12. The Morgan fingerprint density at radius 3 is 2.54 bits per heavy atom. The molecule has 1 aliphatic carbocycles. The van der Waals surface area contributed by atoms with Crippen molar-refractivity contribution in [1.82, 2.24) is 14.9 Å². The molecule has 2 N–H and O–H groups in total. The lowest BCUT2D eigenvalue weighted by Crippen LogP contribution is -2.46. The van der Waals surface area contributed by atoms with Gasteiger partial charge in [-0.05, 0) is 69.8 Å². The van der Waals surface area contributed by atoms with Crippen LogP contribution in [0.5, 0.6) is 0 Å². The number of piperidine rings is 1. The van der Waals surface area contributed by atoms with Gasteiger partial charge in [-0.1, -0.05) is 13.0 Å². The van der Waals surface area contributed by atoms with Crippen molar-refractivity contribution in [3.63, 3.8) is 0 Å². The zero-order valence-corrected chi connectivity index (χ0v) is 16.4. The van der Waals surface area contributed by atoms with Crippen LogP contribution in [-0.2, 0) is 10.0 Å². The number of hydrogen-bond acceptors (Lipinski definition) is 4. The summed E-state index contributed by atoms with van der Waals surface area (Å²) in [5.41, 5.74) is 1.31. The summed E-state index contributed by atoms with van der Waals surface area (Å²) in [6, 6.07) is 5.14. The van der Waals surface area contributed by atoms with Crippen molar-refractivity contribution >= 4 is 15.9 Å². The summed E-state index contributed by atoms with van der Waals surface area (Å²) in [7, 11) is -3.56. The maximum atomic E-state index is 13.3. The lowest BCUT2D eigenvalue weighted by atomic mass is 10.0. The van der Waals surface area contributed by atoms with Gasteiger partial charge in [0.1, 0.15) is 0 Å². The molecule has 0 spiro atoms. The van der Waals surface area contributed by atoms with Gasteiger partial charge in [0, 0.05) is 24.2 Å². The van der Waals surface area contributed by atoms with E-state index in [0.29, 0.717) is 12.1 Å². The van der Waals surface area contributed by atoms with Crippen LogP contribution in [0.4, 0.5) is 0 Å². The topological polar surface area (TPSA) is 78.5 Å². The van der Waals surface area contributed by atoms with Crippen LogP contribution >= 0.6 is 0 Å². The highest BCUT2D eigenvalue weighted by Gasteiger charge is 2.30. The van der Waals surface area contributed by atoms with Gasteiger partial charge in [0.05, 0.1) is 4.90 Å². The first-order chi connectivity index (χ1) is 12.4. The van der Waals surface area contributed by atoms with Crippen molar-refractivity contribution in [3.05, 3.63) is 29.3 Å². The molecule has 1 heterocycles. The SMILES string of the molecule is CCCN(C(=O)c1cc(S(=O)(=O)NC2CC2)ccc1C)C1CCNCC1. The number of rotatable bonds is 7. The number of hydrogen-bond donors (Lipinski definition) is 2. The molecule has 1 saturated heterocycles. The van der Waals surface area contributed by atoms with Crippen LogP contribution in [0, 0.1) is 6.92 Å². The Bertz CT molecular complexity index is 753. The number of nitrogens with zero attached hydrogens (tertiary/aromatic N) is 1. The van der Waals surface area contributed by atoms with Crippen molar-refractivity contribution in [3.8, 4) is 0 Å². The van der Waals surface area contributed by atoms with E-state index in [1.165, 1.54) is 0 Å². The quantitative estimate of drug-likeness (QED) is 0.760. The first kappa shape index (κ1) is 19.3. The van der Waals surface area contributed by atoms with Gasteiger partial charge in [-0.15, -0.1) is 0 Å². The normalized spacial score (nSPS) is 18.7. The molecule has 1 aliphatic heterocycles. The van der Waals surface area contributed by atoms with E-state index >= 15 is 0 Å². The minimum absolute atomic E-state index is 0.0479. The minimum atomic E-state index is -3.56. The molecule has 1 aromatic carbocycles. The molecule has 0 unspecified atom stereocenters. The summed E-state index contributed by atoms with van der Waals surface area (Å²) in [4.78, 5) is 15.4. The molecule has 2 fully saturated rings. The van der Waals surface area contributed by atoms with Crippen molar-refractivity contribution in [2.45, 2.75) is 62.9 Å². The van der Waals surface area contributed by atoms with Gasteiger partial charge in [-0.2, -0.15) is 0 Å². The Morgan fingerprint density at radius 1 is 1.23 bits per heavy atom. The van der Waals surface area contributed by atoms with Crippen LogP contribution in [0.25, 0.3) is 0 Å². The van der Waals surface area contributed by atoms with Crippen molar-refractivity contribution in [2.75, 3.05) is 19.6 Å². The highest BCUT2D eigenvalue weighted by atomic mass is 32.2. The van der Waals surface area contributed by atoms with Crippen LogP contribution in [0.1, 0.15) is 54.9 Å². The van der Waals surface area contributed by atoms with Gasteiger partial charge in [0.2, 0.25) is 10.0 Å². The first-order valence-corrected chi connectivity index (χ1v) is 11.1. The molecule has 0 radical (unpaired) electrons. The number of carbonyl (C=O) groups is 1. The van der Waals surface area contributed by atoms with Crippen LogP contribution in [0.2, 0.25) is 0 Å². The predicted octanol–water partition coefficient (Wildman–Crippen LogP) is 2.04. The second-order valence-electron chi connectivity index (χ2n) is 7.35. The summed E-state index contributed by atoms with van der Waals surface area (Å²) in [5, 5.41) is 3.33.